The van der Waals surface area contributed by atoms with Crippen LogP contribution in [0.25, 0.3) is 0 Å². The normalized spacial score (nSPS) is 33.1. The van der Waals surface area contributed by atoms with Gasteiger partial charge in [0.2, 0.25) is 5.91 Å². The van der Waals surface area contributed by atoms with Gasteiger partial charge in [-0.2, -0.15) is 0 Å². The van der Waals surface area contributed by atoms with Crippen molar-refractivity contribution in [3.63, 3.8) is 0 Å². The van der Waals surface area contributed by atoms with Crippen LogP contribution in [0.1, 0.15) is 25.8 Å². The Hall–Kier alpha value is -1.39. The summed E-state index contributed by atoms with van der Waals surface area (Å²) in [6.45, 7) is 7.21. The summed E-state index contributed by atoms with van der Waals surface area (Å²) in [5.74, 6) is 0.422. The third-order valence-corrected chi connectivity index (χ3v) is 5.36. The molecule has 2 fully saturated rings. The van der Waals surface area contributed by atoms with Crippen molar-refractivity contribution in [1.82, 2.24) is 9.80 Å². The van der Waals surface area contributed by atoms with E-state index in [4.69, 9.17) is 4.74 Å². The smallest absolute Gasteiger partial charge is 0.227 e. The highest BCUT2D eigenvalue weighted by molar-refractivity contribution is 5.80. The van der Waals surface area contributed by atoms with Gasteiger partial charge in [-0.3, -0.25) is 4.79 Å². The summed E-state index contributed by atoms with van der Waals surface area (Å²) in [6, 6.07) is 10.6. The minimum Gasteiger partial charge on any atom is -0.367 e. The Morgan fingerprint density at radius 2 is 2.00 bits per heavy atom. The molecule has 3 atom stereocenters. The van der Waals surface area contributed by atoms with Crippen molar-refractivity contribution in [2.45, 2.75) is 31.9 Å². The first-order valence-electron chi connectivity index (χ1n) is 8.20. The lowest BCUT2D eigenvalue weighted by Crippen LogP contribution is -2.53. The molecule has 0 bridgehead atoms. The molecule has 0 saturated carbocycles. The third kappa shape index (κ3) is 2.77. The lowest BCUT2D eigenvalue weighted by molar-refractivity contribution is -0.154. The molecular weight excluding hydrogens is 276 g/mol. The topological polar surface area (TPSA) is 32.8 Å². The number of benzene rings is 1. The van der Waals surface area contributed by atoms with E-state index in [9.17, 15) is 4.79 Å². The first-order chi connectivity index (χ1) is 10.5. The number of ether oxygens (including phenoxy) is 1. The molecule has 0 radical (unpaired) electrons. The quantitative estimate of drug-likeness (QED) is 0.839. The van der Waals surface area contributed by atoms with Crippen molar-refractivity contribution in [2.75, 3.05) is 33.3 Å². The van der Waals surface area contributed by atoms with Gasteiger partial charge in [0.1, 0.15) is 5.60 Å². The molecule has 3 rings (SSSR count). The van der Waals surface area contributed by atoms with Crippen molar-refractivity contribution in [2.24, 2.45) is 5.92 Å². The van der Waals surface area contributed by atoms with Crippen molar-refractivity contribution >= 4 is 5.91 Å². The Morgan fingerprint density at radius 1 is 1.27 bits per heavy atom. The van der Waals surface area contributed by atoms with E-state index in [1.807, 2.05) is 23.1 Å². The van der Waals surface area contributed by atoms with Crippen LogP contribution in [-0.4, -0.2) is 55.0 Å². The van der Waals surface area contributed by atoms with Gasteiger partial charge in [0.25, 0.3) is 0 Å². The summed E-state index contributed by atoms with van der Waals surface area (Å²) >= 11 is 0. The zero-order valence-corrected chi connectivity index (χ0v) is 13.8. The Balaban J connectivity index is 1.74. The summed E-state index contributed by atoms with van der Waals surface area (Å²) in [7, 11) is 2.10. The molecule has 0 spiro atoms. The van der Waals surface area contributed by atoms with Gasteiger partial charge in [0.15, 0.2) is 0 Å². The van der Waals surface area contributed by atoms with Crippen LogP contribution in [0.3, 0.4) is 0 Å². The van der Waals surface area contributed by atoms with Crippen LogP contribution < -0.4 is 0 Å². The molecule has 0 aliphatic carbocycles. The number of likely N-dealkylation sites (tertiary alicyclic amines) is 1. The van der Waals surface area contributed by atoms with Crippen LogP contribution in [0.5, 0.6) is 0 Å². The summed E-state index contributed by atoms with van der Waals surface area (Å²) in [5.41, 5.74) is 0.743. The molecule has 0 aromatic heterocycles. The van der Waals surface area contributed by atoms with Crippen molar-refractivity contribution < 1.29 is 9.53 Å². The van der Waals surface area contributed by atoms with Crippen LogP contribution >= 0.6 is 0 Å². The van der Waals surface area contributed by atoms with E-state index < -0.39 is 5.60 Å². The van der Waals surface area contributed by atoms with Crippen LogP contribution in [0, 0.1) is 5.92 Å². The molecule has 0 N–H and O–H groups in total. The number of nitrogens with zero attached hydrogens (tertiary/aromatic N) is 2. The van der Waals surface area contributed by atoms with Gasteiger partial charge in [-0.1, -0.05) is 30.3 Å². The fourth-order valence-corrected chi connectivity index (χ4v) is 3.68. The molecule has 2 aliphatic rings. The van der Waals surface area contributed by atoms with Gasteiger partial charge < -0.3 is 14.5 Å². The largest absolute Gasteiger partial charge is 0.367 e. The van der Waals surface area contributed by atoms with Gasteiger partial charge in [-0.15, -0.1) is 0 Å². The number of carbonyl (C=O) groups is 1. The molecular formula is C18H26N2O2. The molecule has 1 unspecified atom stereocenters. The van der Waals surface area contributed by atoms with E-state index in [1.165, 1.54) is 0 Å². The predicted octanol–water partition coefficient (Wildman–Crippen LogP) is 2.10. The fourth-order valence-electron chi connectivity index (χ4n) is 3.68. The van der Waals surface area contributed by atoms with Gasteiger partial charge >= 0.3 is 0 Å². The maximum absolute atomic E-state index is 12.9. The van der Waals surface area contributed by atoms with E-state index in [0.29, 0.717) is 31.6 Å². The summed E-state index contributed by atoms with van der Waals surface area (Å²) in [4.78, 5) is 17.2. The molecule has 22 heavy (non-hydrogen) atoms. The minimum atomic E-state index is -0.400. The SMILES string of the molecule is C[C@@H]1[C@H](C(=O)N2CCOC(C)(c3ccccc3)C2)CCN1C. The van der Waals surface area contributed by atoms with E-state index in [0.717, 1.165) is 18.5 Å². The second-order valence-electron chi connectivity index (χ2n) is 6.82. The maximum Gasteiger partial charge on any atom is 0.227 e. The van der Waals surface area contributed by atoms with Crippen molar-refractivity contribution in [3.8, 4) is 0 Å². The minimum absolute atomic E-state index is 0.128. The van der Waals surface area contributed by atoms with E-state index in [2.05, 4.69) is 37.9 Å². The number of morpholine rings is 1. The number of amides is 1. The van der Waals surface area contributed by atoms with Crippen LogP contribution in [0.15, 0.2) is 30.3 Å². The van der Waals surface area contributed by atoms with Gasteiger partial charge in [-0.25, -0.2) is 0 Å². The van der Waals surface area contributed by atoms with Gasteiger partial charge in [0.05, 0.1) is 19.1 Å². The molecule has 120 valence electrons. The van der Waals surface area contributed by atoms with E-state index in [-0.39, 0.29) is 5.92 Å². The first kappa shape index (κ1) is 15.5. The Kier molecular flexibility index (Phi) is 4.24. The lowest BCUT2D eigenvalue weighted by Gasteiger charge is -2.42. The van der Waals surface area contributed by atoms with Crippen LogP contribution in [0.2, 0.25) is 0 Å². The molecule has 1 aromatic carbocycles. The highest BCUT2D eigenvalue weighted by atomic mass is 16.5. The molecule has 1 amide bonds. The Labute approximate surface area is 133 Å². The fraction of sp³-hybridized carbons (Fsp3) is 0.611. The zero-order valence-electron chi connectivity index (χ0n) is 13.8. The highest BCUT2D eigenvalue weighted by Crippen LogP contribution is 2.32. The van der Waals surface area contributed by atoms with Crippen molar-refractivity contribution in [1.29, 1.82) is 0 Å². The third-order valence-electron chi connectivity index (χ3n) is 5.36. The zero-order chi connectivity index (χ0) is 15.7. The summed E-state index contributed by atoms with van der Waals surface area (Å²) < 4.78 is 6.04. The molecule has 2 heterocycles. The van der Waals surface area contributed by atoms with Gasteiger partial charge in [0, 0.05) is 12.6 Å². The molecule has 4 heteroatoms. The summed E-state index contributed by atoms with van der Waals surface area (Å²) in [5, 5.41) is 0. The van der Waals surface area contributed by atoms with E-state index >= 15 is 0 Å². The maximum atomic E-state index is 12.9. The Bertz CT molecular complexity index is 533. The van der Waals surface area contributed by atoms with Gasteiger partial charge in [-0.05, 0) is 39.4 Å². The average molecular weight is 302 g/mol. The van der Waals surface area contributed by atoms with Crippen LogP contribution in [-0.2, 0) is 15.1 Å². The number of hydrogen-bond acceptors (Lipinski definition) is 3. The monoisotopic (exact) mass is 302 g/mol. The second kappa shape index (κ2) is 6.01. The first-order valence-corrected chi connectivity index (χ1v) is 8.20. The number of rotatable bonds is 2. The molecule has 1 aromatic rings. The van der Waals surface area contributed by atoms with Crippen molar-refractivity contribution in [3.05, 3.63) is 35.9 Å². The predicted molar refractivity (Wildman–Crippen MR) is 86.5 cm³/mol. The molecule has 2 saturated heterocycles. The average Bonchev–Trinajstić information content (AvgIpc) is 2.87. The van der Waals surface area contributed by atoms with E-state index in [1.54, 1.807) is 0 Å². The highest BCUT2D eigenvalue weighted by Gasteiger charge is 2.41. The molecule has 4 nitrogen and oxygen atoms in total. The number of hydrogen-bond donors (Lipinski definition) is 0. The number of carbonyl (C=O) groups excluding carboxylic acids is 1. The standard InChI is InChI=1S/C18H26N2O2/c1-14-16(9-10-19(14)3)17(21)20-11-12-22-18(2,13-20)15-7-5-4-6-8-15/h4-8,14,16H,9-13H2,1-3H3/t14-,16-,18?/m1/s1. The second-order valence-corrected chi connectivity index (χ2v) is 6.82. The lowest BCUT2D eigenvalue weighted by atomic mass is 9.92. The summed E-state index contributed by atoms with van der Waals surface area (Å²) in [6.07, 6.45) is 0.968. The molecule has 2 aliphatic heterocycles. The van der Waals surface area contributed by atoms with Crippen LogP contribution in [0.4, 0.5) is 0 Å². The Morgan fingerprint density at radius 3 is 2.64 bits per heavy atom.